The van der Waals surface area contributed by atoms with Gasteiger partial charge in [-0.05, 0) is 59.9 Å². The van der Waals surface area contributed by atoms with Crippen molar-refractivity contribution in [1.29, 1.82) is 0 Å². The van der Waals surface area contributed by atoms with Crippen molar-refractivity contribution in [3.63, 3.8) is 0 Å². The summed E-state index contributed by atoms with van der Waals surface area (Å²) in [6.07, 6.45) is 0. The van der Waals surface area contributed by atoms with E-state index in [1.54, 1.807) is 7.11 Å². The van der Waals surface area contributed by atoms with Gasteiger partial charge in [0.15, 0.2) is 5.13 Å². The molecule has 0 unspecified atom stereocenters. The predicted octanol–water partition coefficient (Wildman–Crippen LogP) is 5.32. The number of thiazole rings is 1. The van der Waals surface area contributed by atoms with Gasteiger partial charge in [-0.15, -0.1) is 12.4 Å². The summed E-state index contributed by atoms with van der Waals surface area (Å²) in [7, 11) is 1.64. The molecule has 29 heavy (non-hydrogen) atoms. The van der Waals surface area contributed by atoms with E-state index >= 15 is 0 Å². The lowest BCUT2D eigenvalue weighted by Crippen LogP contribution is -2.39. The summed E-state index contributed by atoms with van der Waals surface area (Å²) in [5, 5.41) is 0.722. The summed E-state index contributed by atoms with van der Waals surface area (Å²) in [5.74, 6) is 0.756. The summed E-state index contributed by atoms with van der Waals surface area (Å²) in [4.78, 5) is 22.3. The zero-order chi connectivity index (χ0) is 20.1. The van der Waals surface area contributed by atoms with Crippen LogP contribution in [0.15, 0.2) is 42.5 Å². The van der Waals surface area contributed by atoms with Gasteiger partial charge < -0.3 is 9.64 Å². The first-order valence-corrected chi connectivity index (χ1v) is 11.2. The lowest BCUT2D eigenvalue weighted by Gasteiger charge is -2.25. The SMILES string of the molecule is CCN(CC)CCN(C(=O)c1ccccc1I)c1nc2cc(OC)ccc2s1.Cl. The zero-order valence-electron chi connectivity index (χ0n) is 16.7. The monoisotopic (exact) mass is 545 g/mol. The van der Waals surface area contributed by atoms with Crippen LogP contribution in [0.3, 0.4) is 0 Å². The third-order valence-electron chi connectivity index (χ3n) is 4.70. The van der Waals surface area contributed by atoms with Gasteiger partial charge in [0.05, 0.1) is 22.9 Å². The average Bonchev–Trinajstić information content (AvgIpc) is 3.14. The molecule has 0 bridgehead atoms. The van der Waals surface area contributed by atoms with Crippen LogP contribution in [0.1, 0.15) is 24.2 Å². The van der Waals surface area contributed by atoms with E-state index in [9.17, 15) is 4.79 Å². The third kappa shape index (κ3) is 5.59. The quantitative estimate of drug-likeness (QED) is 0.360. The minimum atomic E-state index is -0.0109. The van der Waals surface area contributed by atoms with E-state index in [4.69, 9.17) is 9.72 Å². The van der Waals surface area contributed by atoms with E-state index in [1.165, 1.54) is 11.3 Å². The molecule has 156 valence electrons. The Kier molecular flexibility index (Phi) is 9.13. The van der Waals surface area contributed by atoms with Gasteiger partial charge in [-0.1, -0.05) is 37.3 Å². The van der Waals surface area contributed by atoms with Crippen molar-refractivity contribution in [3.8, 4) is 5.75 Å². The van der Waals surface area contributed by atoms with Crippen molar-refractivity contribution in [1.82, 2.24) is 9.88 Å². The average molecular weight is 546 g/mol. The number of fused-ring (bicyclic) bond motifs is 1. The van der Waals surface area contributed by atoms with Crippen LogP contribution < -0.4 is 9.64 Å². The van der Waals surface area contributed by atoms with Gasteiger partial charge in [0.25, 0.3) is 5.91 Å². The van der Waals surface area contributed by atoms with Crippen LogP contribution >= 0.6 is 46.3 Å². The molecule has 0 aliphatic carbocycles. The van der Waals surface area contributed by atoms with Gasteiger partial charge >= 0.3 is 0 Å². The second kappa shape index (κ2) is 11.1. The number of methoxy groups -OCH3 is 1. The van der Waals surface area contributed by atoms with Crippen molar-refractivity contribution in [3.05, 3.63) is 51.6 Å². The van der Waals surface area contributed by atoms with Crippen LogP contribution in [0.2, 0.25) is 0 Å². The molecule has 1 amide bonds. The Balaban J connectivity index is 0.00000300. The molecule has 0 N–H and O–H groups in total. The topological polar surface area (TPSA) is 45.7 Å². The minimum Gasteiger partial charge on any atom is -0.497 e. The summed E-state index contributed by atoms with van der Waals surface area (Å²) in [5.41, 5.74) is 1.56. The number of aromatic nitrogens is 1. The first-order chi connectivity index (χ1) is 13.6. The smallest absolute Gasteiger partial charge is 0.261 e. The number of nitrogens with zero attached hydrogens (tertiary/aromatic N) is 3. The first kappa shape index (κ1) is 23.9. The predicted molar refractivity (Wildman–Crippen MR) is 132 cm³/mol. The minimum absolute atomic E-state index is 0. The summed E-state index contributed by atoms with van der Waals surface area (Å²) >= 11 is 3.75. The Morgan fingerprint density at radius 1 is 1.14 bits per heavy atom. The van der Waals surface area contributed by atoms with Crippen LogP contribution in [0.5, 0.6) is 5.75 Å². The fourth-order valence-corrected chi connectivity index (χ4v) is 4.57. The molecule has 0 fully saturated rings. The molecule has 3 rings (SSSR count). The number of hydrogen-bond donors (Lipinski definition) is 0. The van der Waals surface area contributed by atoms with Gasteiger partial charge in [0, 0.05) is 22.7 Å². The number of carbonyl (C=O) groups excluding carboxylic acids is 1. The highest BCUT2D eigenvalue weighted by Gasteiger charge is 2.23. The lowest BCUT2D eigenvalue weighted by molar-refractivity contribution is 0.0983. The molecule has 1 aromatic heterocycles. The fraction of sp³-hybridized carbons (Fsp3) is 0.333. The molecule has 0 spiro atoms. The van der Waals surface area contributed by atoms with E-state index < -0.39 is 0 Å². The maximum Gasteiger partial charge on any atom is 0.261 e. The molecule has 0 saturated carbocycles. The van der Waals surface area contributed by atoms with E-state index in [0.717, 1.165) is 44.3 Å². The second-order valence-electron chi connectivity index (χ2n) is 6.29. The normalized spacial score (nSPS) is 10.8. The summed E-state index contributed by atoms with van der Waals surface area (Å²) in [6, 6.07) is 13.5. The standard InChI is InChI=1S/C21H24IN3O2S.ClH/c1-4-24(5-2)12-13-25(20(26)16-8-6-7-9-17(16)22)21-23-18-14-15(27-3)10-11-19(18)28-21;/h6-11,14H,4-5,12-13H2,1-3H3;1H. The first-order valence-electron chi connectivity index (χ1n) is 9.30. The zero-order valence-corrected chi connectivity index (χ0v) is 20.5. The molecule has 0 aliphatic heterocycles. The highest BCUT2D eigenvalue weighted by Crippen LogP contribution is 2.32. The molecular formula is C21H25ClIN3O2S. The molecule has 0 atom stereocenters. The van der Waals surface area contributed by atoms with Crippen molar-refractivity contribution in [2.45, 2.75) is 13.8 Å². The summed E-state index contributed by atoms with van der Waals surface area (Å²) in [6.45, 7) is 7.60. The maximum atomic E-state index is 13.4. The second-order valence-corrected chi connectivity index (χ2v) is 8.46. The maximum absolute atomic E-state index is 13.4. The Morgan fingerprint density at radius 3 is 2.52 bits per heavy atom. The highest BCUT2D eigenvalue weighted by molar-refractivity contribution is 14.1. The van der Waals surface area contributed by atoms with Gasteiger partial charge in [0.2, 0.25) is 0 Å². The van der Waals surface area contributed by atoms with Crippen LogP contribution in [-0.2, 0) is 0 Å². The Morgan fingerprint density at radius 2 is 1.86 bits per heavy atom. The van der Waals surface area contributed by atoms with Gasteiger partial charge in [-0.2, -0.15) is 0 Å². The molecule has 1 heterocycles. The lowest BCUT2D eigenvalue weighted by atomic mass is 10.2. The Hall–Kier alpha value is -1.42. The van der Waals surface area contributed by atoms with E-state index in [1.807, 2.05) is 47.4 Å². The number of anilines is 1. The fourth-order valence-electron chi connectivity index (χ4n) is 2.98. The van der Waals surface area contributed by atoms with Crippen molar-refractivity contribution in [2.75, 3.05) is 38.2 Å². The van der Waals surface area contributed by atoms with E-state index in [0.29, 0.717) is 12.1 Å². The van der Waals surface area contributed by atoms with Crippen molar-refractivity contribution in [2.24, 2.45) is 0 Å². The Labute approximate surface area is 195 Å². The molecule has 8 heteroatoms. The number of halogens is 2. The molecule has 0 radical (unpaired) electrons. The van der Waals surface area contributed by atoms with E-state index in [-0.39, 0.29) is 18.3 Å². The molecule has 5 nitrogen and oxygen atoms in total. The Bertz CT molecular complexity index is 962. The third-order valence-corrected chi connectivity index (χ3v) is 6.70. The van der Waals surface area contributed by atoms with Gasteiger partial charge in [-0.25, -0.2) is 4.98 Å². The molecule has 2 aromatic carbocycles. The number of amides is 1. The van der Waals surface area contributed by atoms with Crippen LogP contribution in [0.4, 0.5) is 5.13 Å². The van der Waals surface area contributed by atoms with Crippen LogP contribution in [0.25, 0.3) is 10.2 Å². The van der Waals surface area contributed by atoms with Crippen molar-refractivity contribution >= 4 is 67.6 Å². The molecular weight excluding hydrogens is 521 g/mol. The number of rotatable bonds is 8. The molecule has 0 saturated heterocycles. The van der Waals surface area contributed by atoms with Crippen LogP contribution in [-0.4, -0.2) is 49.1 Å². The number of hydrogen-bond acceptors (Lipinski definition) is 5. The molecule has 3 aromatic rings. The summed E-state index contributed by atoms with van der Waals surface area (Å²) < 4.78 is 7.30. The number of likely N-dealkylation sites (N-methyl/N-ethyl adjacent to an activating group) is 1. The van der Waals surface area contributed by atoms with Gasteiger partial charge in [0.1, 0.15) is 5.75 Å². The number of ether oxygens (including phenoxy) is 1. The van der Waals surface area contributed by atoms with Crippen molar-refractivity contribution < 1.29 is 9.53 Å². The number of carbonyl (C=O) groups is 1. The molecule has 0 aliphatic rings. The van der Waals surface area contributed by atoms with Crippen LogP contribution in [0, 0.1) is 3.57 Å². The van der Waals surface area contributed by atoms with E-state index in [2.05, 4.69) is 41.3 Å². The highest BCUT2D eigenvalue weighted by atomic mass is 127. The largest absolute Gasteiger partial charge is 0.497 e. The van der Waals surface area contributed by atoms with Gasteiger partial charge in [-0.3, -0.25) is 9.69 Å². The number of benzene rings is 2.